The molecule has 1 aliphatic rings. The Kier molecular flexibility index (Phi) is 8.79. The van der Waals surface area contributed by atoms with E-state index in [0.29, 0.717) is 5.75 Å². The number of aryl methyl sites for hydroxylation is 1. The lowest BCUT2D eigenvalue weighted by Crippen LogP contribution is -2.46. The van der Waals surface area contributed by atoms with Gasteiger partial charge in [0.25, 0.3) is 0 Å². The van der Waals surface area contributed by atoms with Crippen molar-refractivity contribution in [3.63, 3.8) is 0 Å². The largest absolute Gasteiger partial charge is 0.508 e. The maximum atomic E-state index is 9.49. The Morgan fingerprint density at radius 1 is 0.758 bits per heavy atom. The van der Waals surface area contributed by atoms with Gasteiger partial charge in [-0.25, -0.2) is 0 Å². The van der Waals surface area contributed by atoms with Gasteiger partial charge in [0, 0.05) is 45.0 Å². The van der Waals surface area contributed by atoms with E-state index in [-0.39, 0.29) is 6.10 Å². The average molecular weight is 445 g/mol. The Bertz CT molecular complexity index is 923. The minimum Gasteiger partial charge on any atom is -0.508 e. The lowest BCUT2D eigenvalue weighted by atomic mass is 10.0. The first kappa shape index (κ1) is 23.3. The normalized spacial score (nSPS) is 15.5. The van der Waals surface area contributed by atoms with E-state index in [9.17, 15) is 5.11 Å². The monoisotopic (exact) mass is 444 g/mol. The second-order valence-corrected chi connectivity index (χ2v) is 8.85. The van der Waals surface area contributed by atoms with Crippen LogP contribution < -0.4 is 4.90 Å². The van der Waals surface area contributed by atoms with Gasteiger partial charge in [-0.2, -0.15) is 0 Å². The fourth-order valence-corrected chi connectivity index (χ4v) is 4.56. The van der Waals surface area contributed by atoms with Gasteiger partial charge in [-0.3, -0.25) is 4.90 Å². The minimum absolute atomic E-state index is 0.168. The molecule has 3 aromatic rings. The van der Waals surface area contributed by atoms with Crippen LogP contribution in [0.15, 0.2) is 84.9 Å². The highest BCUT2D eigenvalue weighted by atomic mass is 16.5. The van der Waals surface area contributed by atoms with Gasteiger partial charge in [-0.1, -0.05) is 60.7 Å². The fraction of sp³-hybridized carbons (Fsp3) is 0.379. The Balaban J connectivity index is 1.18. The Morgan fingerprint density at radius 3 is 2.12 bits per heavy atom. The number of rotatable bonds is 11. The summed E-state index contributed by atoms with van der Waals surface area (Å²) in [4.78, 5) is 4.93. The van der Waals surface area contributed by atoms with Crippen LogP contribution in [0.25, 0.3) is 0 Å². The first-order valence-corrected chi connectivity index (χ1v) is 12.2. The Morgan fingerprint density at radius 2 is 1.42 bits per heavy atom. The van der Waals surface area contributed by atoms with E-state index in [0.717, 1.165) is 65.0 Å². The summed E-state index contributed by atoms with van der Waals surface area (Å²) in [5.41, 5.74) is 3.88. The number of nitrogens with zero attached hydrogens (tertiary/aromatic N) is 2. The molecule has 1 N–H and O–H groups in total. The van der Waals surface area contributed by atoms with Crippen LogP contribution in [-0.4, -0.2) is 49.3 Å². The van der Waals surface area contributed by atoms with Crippen molar-refractivity contribution in [2.24, 2.45) is 0 Å². The van der Waals surface area contributed by atoms with E-state index in [1.807, 2.05) is 12.1 Å². The van der Waals surface area contributed by atoms with E-state index in [2.05, 4.69) is 70.5 Å². The van der Waals surface area contributed by atoms with Crippen LogP contribution in [-0.2, 0) is 11.2 Å². The molecule has 0 spiro atoms. The highest BCUT2D eigenvalue weighted by Crippen LogP contribution is 2.24. The maximum Gasteiger partial charge on any atom is 0.115 e. The summed E-state index contributed by atoms with van der Waals surface area (Å²) in [6.45, 7) is 6.06. The summed E-state index contributed by atoms with van der Waals surface area (Å²) in [5, 5.41) is 9.49. The van der Waals surface area contributed by atoms with Crippen molar-refractivity contribution in [3.8, 4) is 5.75 Å². The molecule has 4 rings (SSSR count). The van der Waals surface area contributed by atoms with E-state index in [1.165, 1.54) is 16.8 Å². The summed E-state index contributed by atoms with van der Waals surface area (Å²) in [5.74, 6) is 0.325. The second kappa shape index (κ2) is 12.4. The van der Waals surface area contributed by atoms with Crippen molar-refractivity contribution in [3.05, 3.63) is 96.1 Å². The topological polar surface area (TPSA) is 35.9 Å². The molecule has 0 radical (unpaired) electrons. The molecular weight excluding hydrogens is 408 g/mol. The number of hydrogen-bond donors (Lipinski definition) is 1. The summed E-state index contributed by atoms with van der Waals surface area (Å²) < 4.78 is 6.40. The van der Waals surface area contributed by atoms with Crippen LogP contribution in [0.5, 0.6) is 5.75 Å². The minimum atomic E-state index is 0.168. The molecule has 3 aromatic carbocycles. The number of piperazine rings is 1. The van der Waals surface area contributed by atoms with E-state index < -0.39 is 0 Å². The zero-order valence-corrected chi connectivity index (χ0v) is 19.5. The number of hydrogen-bond acceptors (Lipinski definition) is 4. The summed E-state index contributed by atoms with van der Waals surface area (Å²) in [7, 11) is 0. The Labute approximate surface area is 198 Å². The third-order valence-electron chi connectivity index (χ3n) is 6.47. The lowest BCUT2D eigenvalue weighted by Gasteiger charge is -2.36. The number of phenols is 1. The average Bonchev–Trinajstić information content (AvgIpc) is 2.87. The van der Waals surface area contributed by atoms with E-state index in [4.69, 9.17) is 4.74 Å². The molecule has 1 unspecified atom stereocenters. The van der Waals surface area contributed by atoms with Gasteiger partial charge < -0.3 is 14.7 Å². The van der Waals surface area contributed by atoms with Gasteiger partial charge in [0.05, 0.1) is 6.10 Å². The lowest BCUT2D eigenvalue weighted by molar-refractivity contribution is 0.0388. The Hall–Kier alpha value is -2.82. The SMILES string of the molecule is Oc1ccc(N2CCN(CCCOC(CCCc3ccccc3)c3ccccc3)CC2)cc1. The van der Waals surface area contributed by atoms with Crippen LogP contribution in [0.1, 0.15) is 36.5 Å². The van der Waals surface area contributed by atoms with Crippen molar-refractivity contribution in [2.75, 3.05) is 44.2 Å². The smallest absolute Gasteiger partial charge is 0.115 e. The first-order valence-electron chi connectivity index (χ1n) is 12.2. The molecule has 33 heavy (non-hydrogen) atoms. The van der Waals surface area contributed by atoms with E-state index >= 15 is 0 Å². The number of anilines is 1. The molecule has 4 heteroatoms. The van der Waals surface area contributed by atoms with Gasteiger partial charge >= 0.3 is 0 Å². The molecule has 4 nitrogen and oxygen atoms in total. The third-order valence-corrected chi connectivity index (χ3v) is 6.47. The fourth-order valence-electron chi connectivity index (χ4n) is 4.56. The predicted octanol–water partition coefficient (Wildman–Crippen LogP) is 5.69. The molecular formula is C29H36N2O2. The van der Waals surface area contributed by atoms with Gasteiger partial charge in [0.2, 0.25) is 0 Å². The second-order valence-electron chi connectivity index (χ2n) is 8.85. The molecule has 1 heterocycles. The van der Waals surface area contributed by atoms with Crippen molar-refractivity contribution in [1.29, 1.82) is 0 Å². The quantitative estimate of drug-likeness (QED) is 0.386. The molecule has 0 amide bonds. The number of ether oxygens (including phenoxy) is 1. The van der Waals surface area contributed by atoms with E-state index in [1.54, 1.807) is 12.1 Å². The van der Waals surface area contributed by atoms with Crippen molar-refractivity contribution in [2.45, 2.75) is 31.8 Å². The predicted molar refractivity (Wildman–Crippen MR) is 136 cm³/mol. The van der Waals surface area contributed by atoms with Crippen LogP contribution in [0.2, 0.25) is 0 Å². The zero-order chi connectivity index (χ0) is 22.7. The summed E-state index contributed by atoms with van der Waals surface area (Å²) >= 11 is 0. The van der Waals surface area contributed by atoms with Crippen LogP contribution in [0, 0.1) is 0 Å². The molecule has 1 aliphatic heterocycles. The first-order chi connectivity index (χ1) is 16.3. The molecule has 1 atom stereocenters. The standard InChI is InChI=1S/C29H36N2O2/c32-28-17-15-27(16-18-28)31-22-20-30(21-23-31)19-8-24-33-29(26-12-5-2-6-13-26)14-7-11-25-9-3-1-4-10-25/h1-6,9-10,12-13,15-18,29,32H,7-8,11,14,19-24H2. The zero-order valence-electron chi connectivity index (χ0n) is 19.5. The van der Waals surface area contributed by atoms with Crippen molar-refractivity contribution < 1.29 is 9.84 Å². The van der Waals surface area contributed by atoms with Gasteiger partial charge in [0.1, 0.15) is 5.75 Å². The molecule has 174 valence electrons. The highest BCUT2D eigenvalue weighted by molar-refractivity contribution is 5.49. The van der Waals surface area contributed by atoms with Crippen LogP contribution in [0.3, 0.4) is 0 Å². The van der Waals surface area contributed by atoms with Gasteiger partial charge in [-0.15, -0.1) is 0 Å². The number of phenolic OH excluding ortho intramolecular Hbond substituents is 1. The molecule has 0 saturated carbocycles. The van der Waals surface area contributed by atoms with Gasteiger partial charge in [-0.05, 0) is 61.1 Å². The highest BCUT2D eigenvalue weighted by Gasteiger charge is 2.17. The number of benzene rings is 3. The molecule has 1 fully saturated rings. The van der Waals surface area contributed by atoms with Crippen molar-refractivity contribution in [1.82, 2.24) is 4.90 Å². The molecule has 0 aliphatic carbocycles. The molecule has 0 aromatic heterocycles. The molecule has 1 saturated heterocycles. The molecule has 0 bridgehead atoms. The summed E-state index contributed by atoms with van der Waals surface area (Å²) in [6, 6.07) is 28.9. The summed E-state index contributed by atoms with van der Waals surface area (Å²) in [6.07, 6.45) is 4.49. The maximum absolute atomic E-state index is 9.49. The third kappa shape index (κ3) is 7.34. The van der Waals surface area contributed by atoms with Crippen LogP contribution in [0.4, 0.5) is 5.69 Å². The number of aromatic hydroxyl groups is 1. The van der Waals surface area contributed by atoms with Crippen LogP contribution >= 0.6 is 0 Å². The van der Waals surface area contributed by atoms with Crippen molar-refractivity contribution >= 4 is 5.69 Å². The van der Waals surface area contributed by atoms with Gasteiger partial charge in [0.15, 0.2) is 0 Å².